The molecule has 0 spiro atoms. The fourth-order valence-corrected chi connectivity index (χ4v) is 2.18. The van der Waals surface area contributed by atoms with Gasteiger partial charge in [-0.2, -0.15) is 17.5 Å². The van der Waals surface area contributed by atoms with Crippen molar-refractivity contribution in [3.8, 4) is 0 Å². The van der Waals surface area contributed by atoms with Crippen molar-refractivity contribution in [3.05, 3.63) is 11.6 Å². The fourth-order valence-electron chi connectivity index (χ4n) is 1.30. The highest BCUT2D eigenvalue weighted by atomic mass is 32.2. The Labute approximate surface area is 86.6 Å². The Morgan fingerprint density at radius 2 is 1.93 bits per heavy atom. The molecule has 0 fully saturated rings. The summed E-state index contributed by atoms with van der Waals surface area (Å²) in [6.07, 6.45) is 1.54. The Kier molecular flexibility index (Phi) is 3.16. The zero-order valence-electron chi connectivity index (χ0n) is 8.37. The predicted octanol–water partition coefficient (Wildman–Crippen LogP) is 1.73. The number of sulfonamides is 1. The first kappa shape index (κ1) is 12.5. The van der Waals surface area contributed by atoms with Gasteiger partial charge in [0.2, 0.25) is 0 Å². The van der Waals surface area contributed by atoms with Crippen LogP contribution in [-0.4, -0.2) is 31.3 Å². The van der Waals surface area contributed by atoms with Crippen molar-refractivity contribution in [1.29, 1.82) is 0 Å². The second-order valence-electron chi connectivity index (χ2n) is 3.68. The van der Waals surface area contributed by atoms with E-state index in [0.717, 1.165) is 5.57 Å². The van der Waals surface area contributed by atoms with Gasteiger partial charge in [0.15, 0.2) is 0 Å². The predicted molar refractivity (Wildman–Crippen MR) is 49.5 cm³/mol. The van der Waals surface area contributed by atoms with E-state index < -0.39 is 15.5 Å². The maximum absolute atomic E-state index is 12.2. The number of hydrogen-bond acceptors (Lipinski definition) is 2. The third-order valence-electron chi connectivity index (χ3n) is 2.29. The van der Waals surface area contributed by atoms with Gasteiger partial charge in [0.1, 0.15) is 0 Å². The van der Waals surface area contributed by atoms with E-state index in [0.29, 0.717) is 4.31 Å². The Balaban J connectivity index is 2.82. The molecule has 0 aromatic heterocycles. The minimum atomic E-state index is -5.20. The molecular formula is C8H12F3NO2S. The van der Waals surface area contributed by atoms with Crippen LogP contribution in [0.4, 0.5) is 13.2 Å². The van der Waals surface area contributed by atoms with Crippen molar-refractivity contribution in [3.63, 3.8) is 0 Å². The molecule has 88 valence electrons. The van der Waals surface area contributed by atoms with E-state index in [4.69, 9.17) is 0 Å². The Bertz CT molecular complexity index is 370. The molecule has 0 atom stereocenters. The zero-order valence-corrected chi connectivity index (χ0v) is 9.19. The van der Waals surface area contributed by atoms with E-state index in [-0.39, 0.29) is 19.0 Å². The van der Waals surface area contributed by atoms with Gasteiger partial charge in [0, 0.05) is 13.1 Å². The van der Waals surface area contributed by atoms with Crippen LogP contribution in [0.3, 0.4) is 0 Å². The molecule has 0 saturated heterocycles. The molecule has 3 nitrogen and oxygen atoms in total. The quantitative estimate of drug-likeness (QED) is 0.693. The standard InChI is InChI=1S/C8H12F3NO2S/c1-6(2)7-3-4-12(5-7)15(13,14)8(9,10)11/h3,6H,4-5H2,1-2H3. The highest BCUT2D eigenvalue weighted by Crippen LogP contribution is 2.30. The lowest BCUT2D eigenvalue weighted by Gasteiger charge is -2.18. The van der Waals surface area contributed by atoms with Crippen LogP contribution in [0.15, 0.2) is 11.6 Å². The van der Waals surface area contributed by atoms with Gasteiger partial charge in [-0.3, -0.25) is 0 Å². The van der Waals surface area contributed by atoms with Gasteiger partial charge < -0.3 is 0 Å². The van der Waals surface area contributed by atoms with Crippen LogP contribution < -0.4 is 0 Å². The highest BCUT2D eigenvalue weighted by Gasteiger charge is 2.50. The number of alkyl halides is 3. The van der Waals surface area contributed by atoms with Crippen LogP contribution in [0.2, 0.25) is 0 Å². The van der Waals surface area contributed by atoms with Gasteiger partial charge >= 0.3 is 15.5 Å². The lowest BCUT2D eigenvalue weighted by Crippen LogP contribution is -2.39. The van der Waals surface area contributed by atoms with Crippen molar-refractivity contribution >= 4 is 10.0 Å². The normalized spacial score (nSPS) is 19.7. The van der Waals surface area contributed by atoms with Crippen molar-refractivity contribution in [2.24, 2.45) is 5.92 Å². The van der Waals surface area contributed by atoms with Crippen LogP contribution >= 0.6 is 0 Å². The van der Waals surface area contributed by atoms with E-state index in [1.165, 1.54) is 6.08 Å². The second kappa shape index (κ2) is 3.79. The molecule has 0 radical (unpaired) electrons. The molecule has 1 aliphatic heterocycles. The van der Waals surface area contributed by atoms with Gasteiger partial charge in [0.25, 0.3) is 0 Å². The summed E-state index contributed by atoms with van der Waals surface area (Å²) >= 11 is 0. The number of hydrogen-bond donors (Lipinski definition) is 0. The largest absolute Gasteiger partial charge is 0.511 e. The van der Waals surface area contributed by atoms with E-state index in [2.05, 4.69) is 0 Å². The highest BCUT2D eigenvalue weighted by molar-refractivity contribution is 7.90. The first-order valence-corrected chi connectivity index (χ1v) is 5.85. The van der Waals surface area contributed by atoms with Crippen LogP contribution in [-0.2, 0) is 10.0 Å². The second-order valence-corrected chi connectivity index (χ2v) is 5.61. The van der Waals surface area contributed by atoms with Crippen LogP contribution in [0, 0.1) is 5.92 Å². The lowest BCUT2D eigenvalue weighted by atomic mass is 10.1. The van der Waals surface area contributed by atoms with Crippen molar-refractivity contribution in [2.75, 3.05) is 13.1 Å². The Morgan fingerprint density at radius 3 is 2.27 bits per heavy atom. The van der Waals surface area contributed by atoms with Gasteiger partial charge in [-0.05, 0) is 5.92 Å². The lowest BCUT2D eigenvalue weighted by molar-refractivity contribution is -0.0482. The SMILES string of the molecule is CC(C)C1=CCN(S(=O)(=O)C(F)(F)F)C1. The molecule has 0 aliphatic carbocycles. The third kappa shape index (κ3) is 2.34. The maximum Gasteiger partial charge on any atom is 0.511 e. The molecule has 1 rings (SSSR count). The number of halogens is 3. The molecule has 0 saturated carbocycles. The van der Waals surface area contributed by atoms with Gasteiger partial charge in [-0.15, -0.1) is 0 Å². The minimum absolute atomic E-state index is 0.0680. The number of rotatable bonds is 2. The van der Waals surface area contributed by atoms with Crippen LogP contribution in [0.25, 0.3) is 0 Å². The minimum Gasteiger partial charge on any atom is -0.203 e. The molecule has 0 unspecified atom stereocenters. The molecule has 0 aromatic carbocycles. The average molecular weight is 243 g/mol. The monoisotopic (exact) mass is 243 g/mol. The first-order valence-electron chi connectivity index (χ1n) is 4.41. The molecule has 0 N–H and O–H groups in total. The van der Waals surface area contributed by atoms with E-state index in [1.54, 1.807) is 0 Å². The van der Waals surface area contributed by atoms with E-state index in [9.17, 15) is 21.6 Å². The van der Waals surface area contributed by atoms with Gasteiger partial charge in [0.05, 0.1) is 0 Å². The fraction of sp³-hybridized carbons (Fsp3) is 0.750. The summed E-state index contributed by atoms with van der Waals surface area (Å²) in [7, 11) is -5.16. The molecule has 15 heavy (non-hydrogen) atoms. The summed E-state index contributed by atoms with van der Waals surface area (Å²) < 4.78 is 58.9. The smallest absolute Gasteiger partial charge is 0.203 e. The third-order valence-corrected chi connectivity index (χ3v) is 3.83. The summed E-state index contributed by atoms with van der Waals surface area (Å²) in [6, 6.07) is 0. The number of nitrogens with zero attached hydrogens (tertiary/aromatic N) is 1. The van der Waals surface area contributed by atoms with E-state index in [1.807, 2.05) is 13.8 Å². The van der Waals surface area contributed by atoms with Crippen molar-refractivity contribution < 1.29 is 21.6 Å². The van der Waals surface area contributed by atoms with Crippen LogP contribution in [0.1, 0.15) is 13.8 Å². The molecule has 1 aliphatic rings. The van der Waals surface area contributed by atoms with Crippen molar-refractivity contribution in [2.45, 2.75) is 19.4 Å². The van der Waals surface area contributed by atoms with Crippen LogP contribution in [0.5, 0.6) is 0 Å². The maximum atomic E-state index is 12.2. The van der Waals surface area contributed by atoms with E-state index >= 15 is 0 Å². The van der Waals surface area contributed by atoms with Gasteiger partial charge in [-0.25, -0.2) is 8.42 Å². The summed E-state index contributed by atoms with van der Waals surface area (Å²) in [5, 5.41) is 0. The molecule has 0 bridgehead atoms. The van der Waals surface area contributed by atoms with Gasteiger partial charge in [-0.1, -0.05) is 25.5 Å². The molecule has 1 heterocycles. The molecule has 0 amide bonds. The molecular weight excluding hydrogens is 231 g/mol. The Hall–Kier alpha value is -0.560. The topological polar surface area (TPSA) is 37.4 Å². The summed E-state index contributed by atoms with van der Waals surface area (Å²) in [5.41, 5.74) is -4.48. The molecule has 0 aromatic rings. The van der Waals surface area contributed by atoms with Crippen molar-refractivity contribution in [1.82, 2.24) is 4.31 Å². The average Bonchev–Trinajstić information content (AvgIpc) is 2.49. The first-order chi connectivity index (χ1) is 6.66. The summed E-state index contributed by atoms with van der Waals surface area (Å²) in [5.74, 6) is 0.0680. The summed E-state index contributed by atoms with van der Waals surface area (Å²) in [6.45, 7) is 3.29. The zero-order chi connectivity index (χ0) is 11.9. The molecule has 7 heteroatoms. The Morgan fingerprint density at radius 1 is 1.40 bits per heavy atom. The summed E-state index contributed by atoms with van der Waals surface area (Å²) in [4.78, 5) is 0.